The first-order chi connectivity index (χ1) is 12.7. The van der Waals surface area contributed by atoms with Crippen molar-refractivity contribution < 1.29 is 4.79 Å². The summed E-state index contributed by atoms with van der Waals surface area (Å²) < 4.78 is 0. The monoisotopic (exact) mass is 378 g/mol. The molecule has 26 heavy (non-hydrogen) atoms. The Morgan fingerprint density at radius 1 is 1.15 bits per heavy atom. The number of carbonyl (C=O) groups excluding carboxylic acids is 1. The molecule has 0 aliphatic carbocycles. The molecule has 0 unspecified atom stereocenters. The zero-order chi connectivity index (χ0) is 18.1. The molecule has 0 aromatic heterocycles. The van der Waals surface area contributed by atoms with Gasteiger partial charge in [-0.05, 0) is 36.8 Å². The van der Waals surface area contributed by atoms with Gasteiger partial charge in [0, 0.05) is 38.6 Å². The van der Waals surface area contributed by atoms with E-state index in [0.717, 1.165) is 27.6 Å². The zero-order valence-corrected chi connectivity index (χ0v) is 16.2. The minimum absolute atomic E-state index is 0.0957. The third-order valence-electron chi connectivity index (χ3n) is 4.31. The van der Waals surface area contributed by atoms with E-state index in [-0.39, 0.29) is 5.91 Å². The third-order valence-corrected chi connectivity index (χ3v) is 6.61. The highest BCUT2D eigenvalue weighted by atomic mass is 32.2. The Balaban J connectivity index is 1.94. The predicted molar refractivity (Wildman–Crippen MR) is 111 cm³/mol. The van der Waals surface area contributed by atoms with Crippen LogP contribution in [0.15, 0.2) is 79.9 Å². The average molecular weight is 379 g/mol. The van der Waals surface area contributed by atoms with E-state index < -0.39 is 0 Å². The smallest absolute Gasteiger partial charge is 0.251 e. The molecule has 0 saturated carbocycles. The highest BCUT2D eigenvalue weighted by molar-refractivity contribution is 8.04. The Kier molecular flexibility index (Phi) is 4.74. The van der Waals surface area contributed by atoms with Crippen molar-refractivity contribution in [1.29, 1.82) is 0 Å². The van der Waals surface area contributed by atoms with E-state index in [1.807, 2.05) is 30.0 Å². The first-order valence-electron chi connectivity index (χ1n) is 8.40. The van der Waals surface area contributed by atoms with E-state index in [1.54, 1.807) is 18.8 Å². The van der Waals surface area contributed by atoms with Crippen LogP contribution in [0.3, 0.4) is 0 Å². The molecule has 2 aromatic carbocycles. The normalized spacial score (nSPS) is 15.7. The highest BCUT2D eigenvalue weighted by Crippen LogP contribution is 2.43. The summed E-state index contributed by atoms with van der Waals surface area (Å²) in [6.07, 6.45) is 4.34. The van der Waals surface area contributed by atoms with Gasteiger partial charge in [-0.1, -0.05) is 42.1 Å². The number of nitrogens with zero attached hydrogens (tertiary/aromatic N) is 1. The van der Waals surface area contributed by atoms with Crippen LogP contribution in [0.2, 0.25) is 0 Å². The fourth-order valence-electron chi connectivity index (χ4n) is 3.00. The molecule has 130 valence electrons. The van der Waals surface area contributed by atoms with Crippen LogP contribution in [0.25, 0.3) is 0 Å². The van der Waals surface area contributed by atoms with Crippen LogP contribution < -0.4 is 5.32 Å². The van der Waals surface area contributed by atoms with E-state index in [9.17, 15) is 4.79 Å². The maximum atomic E-state index is 12.0. The number of benzene rings is 2. The summed E-state index contributed by atoms with van der Waals surface area (Å²) in [5.74, 6) is 0.855. The topological polar surface area (TPSA) is 41.5 Å². The van der Waals surface area contributed by atoms with Crippen molar-refractivity contribution >= 4 is 40.8 Å². The Morgan fingerprint density at radius 2 is 2.00 bits per heavy atom. The number of nitrogens with one attached hydrogen (secondary N) is 1. The van der Waals surface area contributed by atoms with E-state index in [1.165, 1.54) is 15.4 Å². The molecule has 0 atom stereocenters. The Labute approximate surface area is 161 Å². The molecule has 0 fully saturated rings. The summed E-state index contributed by atoms with van der Waals surface area (Å²) in [5, 5.41) is 2.69. The summed E-state index contributed by atoms with van der Waals surface area (Å²) in [6, 6.07) is 14.1. The number of hydrogen-bond acceptors (Lipinski definition) is 4. The minimum Gasteiger partial charge on any atom is -0.355 e. The molecule has 5 heteroatoms. The molecule has 0 spiro atoms. The average Bonchev–Trinajstić information content (AvgIpc) is 2.84. The van der Waals surface area contributed by atoms with Gasteiger partial charge in [-0.25, -0.2) is 4.99 Å². The fourth-order valence-corrected chi connectivity index (χ4v) is 4.95. The summed E-state index contributed by atoms with van der Waals surface area (Å²) in [5.41, 5.74) is 4.84. The molecular weight excluding hydrogens is 360 g/mol. The van der Waals surface area contributed by atoms with Gasteiger partial charge >= 0.3 is 0 Å². The minimum atomic E-state index is -0.0957. The maximum absolute atomic E-state index is 12.0. The van der Waals surface area contributed by atoms with Gasteiger partial charge in [-0.3, -0.25) is 4.79 Å². The lowest BCUT2D eigenvalue weighted by Gasteiger charge is -2.16. The third kappa shape index (κ3) is 3.13. The second kappa shape index (κ2) is 7.17. The van der Waals surface area contributed by atoms with E-state index in [0.29, 0.717) is 5.56 Å². The zero-order valence-electron chi connectivity index (χ0n) is 14.6. The SMILES string of the molecule is CNC(=O)c1ccc2c(c1)N=C(C1=C(C)C=CCS1)c1ccccc1S2. The van der Waals surface area contributed by atoms with Gasteiger partial charge < -0.3 is 5.32 Å². The molecule has 2 aromatic rings. The molecular formula is C21H18N2OS2. The number of thioether (sulfide) groups is 1. The summed E-state index contributed by atoms with van der Waals surface area (Å²) in [6.45, 7) is 2.13. The van der Waals surface area contributed by atoms with Crippen LogP contribution in [-0.2, 0) is 0 Å². The lowest BCUT2D eigenvalue weighted by atomic mass is 10.1. The number of carbonyl (C=O) groups is 1. The van der Waals surface area contributed by atoms with Crippen molar-refractivity contribution in [3.8, 4) is 0 Å². The van der Waals surface area contributed by atoms with Crippen molar-refractivity contribution in [3.05, 3.63) is 76.2 Å². The van der Waals surface area contributed by atoms with Crippen LogP contribution in [0, 0.1) is 0 Å². The van der Waals surface area contributed by atoms with Crippen LogP contribution in [0.1, 0.15) is 22.8 Å². The lowest BCUT2D eigenvalue weighted by Crippen LogP contribution is -2.17. The quantitative estimate of drug-likeness (QED) is 0.780. The number of amides is 1. The van der Waals surface area contributed by atoms with Gasteiger partial charge in [0.2, 0.25) is 0 Å². The Bertz CT molecular complexity index is 989. The van der Waals surface area contributed by atoms with Gasteiger partial charge in [0.1, 0.15) is 0 Å². The van der Waals surface area contributed by atoms with Crippen molar-refractivity contribution in [2.24, 2.45) is 4.99 Å². The Hall–Kier alpha value is -2.24. The van der Waals surface area contributed by atoms with Gasteiger partial charge in [-0.15, -0.1) is 11.8 Å². The summed E-state index contributed by atoms with van der Waals surface area (Å²) in [7, 11) is 1.65. The van der Waals surface area contributed by atoms with Gasteiger partial charge in [0.25, 0.3) is 5.91 Å². The molecule has 2 aliphatic rings. The second-order valence-corrected chi connectivity index (χ2v) is 8.16. The van der Waals surface area contributed by atoms with Gasteiger partial charge in [0.05, 0.1) is 11.4 Å². The maximum Gasteiger partial charge on any atom is 0.251 e. The predicted octanol–water partition coefficient (Wildman–Crippen LogP) is 5.21. The van der Waals surface area contributed by atoms with Crippen molar-refractivity contribution in [2.75, 3.05) is 12.8 Å². The van der Waals surface area contributed by atoms with E-state index in [4.69, 9.17) is 4.99 Å². The molecule has 0 saturated heterocycles. The van der Waals surface area contributed by atoms with E-state index in [2.05, 4.69) is 48.7 Å². The number of rotatable bonds is 2. The van der Waals surface area contributed by atoms with Crippen LogP contribution in [0.4, 0.5) is 5.69 Å². The molecule has 4 rings (SSSR count). The highest BCUT2D eigenvalue weighted by Gasteiger charge is 2.22. The number of allylic oxidation sites excluding steroid dienone is 3. The fraction of sp³-hybridized carbons (Fsp3) is 0.143. The van der Waals surface area contributed by atoms with Crippen LogP contribution in [-0.4, -0.2) is 24.4 Å². The standard InChI is InChI=1S/C21H18N2OS2/c1-13-6-5-11-25-20(13)19-15-7-3-4-8-17(15)26-18-10-9-14(21(24)22-2)12-16(18)23-19/h3-10,12H,11H2,1-2H3,(H,22,24). The lowest BCUT2D eigenvalue weighted by molar-refractivity contribution is 0.0963. The largest absolute Gasteiger partial charge is 0.355 e. The van der Waals surface area contributed by atoms with Crippen molar-refractivity contribution in [2.45, 2.75) is 16.7 Å². The van der Waals surface area contributed by atoms with Crippen molar-refractivity contribution in [1.82, 2.24) is 5.32 Å². The first-order valence-corrected chi connectivity index (χ1v) is 10.2. The first kappa shape index (κ1) is 17.2. The summed E-state index contributed by atoms with van der Waals surface area (Å²) >= 11 is 3.52. The molecule has 1 amide bonds. The molecule has 3 nitrogen and oxygen atoms in total. The number of fused-ring (bicyclic) bond motifs is 2. The van der Waals surface area contributed by atoms with E-state index >= 15 is 0 Å². The molecule has 2 heterocycles. The van der Waals surface area contributed by atoms with Crippen LogP contribution in [0.5, 0.6) is 0 Å². The van der Waals surface area contributed by atoms with Gasteiger partial charge in [0.15, 0.2) is 0 Å². The molecule has 1 N–H and O–H groups in total. The second-order valence-electron chi connectivity index (χ2n) is 6.05. The number of aliphatic imine (C=N–C) groups is 1. The molecule has 0 bridgehead atoms. The number of hydrogen-bond donors (Lipinski definition) is 1. The molecule has 0 radical (unpaired) electrons. The Morgan fingerprint density at radius 3 is 2.81 bits per heavy atom. The molecule has 2 aliphatic heterocycles. The van der Waals surface area contributed by atoms with Crippen molar-refractivity contribution in [3.63, 3.8) is 0 Å². The summed E-state index contributed by atoms with van der Waals surface area (Å²) in [4.78, 5) is 20.5. The van der Waals surface area contributed by atoms with Crippen LogP contribution >= 0.6 is 23.5 Å². The van der Waals surface area contributed by atoms with Gasteiger partial charge in [-0.2, -0.15) is 0 Å².